The number of hydrogen-bond acceptors (Lipinski definition) is 3. The normalized spacial score (nSPS) is 15.3. The molecule has 1 aliphatic rings. The highest BCUT2D eigenvalue weighted by Crippen LogP contribution is 2.29. The molecule has 1 aromatic carbocycles. The molecule has 0 fully saturated rings. The number of allylic oxidation sites excluding steroid dienone is 3. The smallest absolute Gasteiger partial charge is 0.211 e. The fourth-order valence-electron chi connectivity index (χ4n) is 1.54. The third kappa shape index (κ3) is 2.47. The molecule has 0 bridgehead atoms. The van der Waals surface area contributed by atoms with Crippen molar-refractivity contribution in [2.75, 3.05) is 0 Å². The lowest BCUT2D eigenvalue weighted by molar-refractivity contribution is -0.115. The van der Waals surface area contributed by atoms with E-state index in [-0.39, 0.29) is 15.6 Å². The molecule has 0 radical (unpaired) electrons. The van der Waals surface area contributed by atoms with Crippen LogP contribution in [0.15, 0.2) is 52.2 Å². The SMILES string of the molecule is O=C1C(=CNCc2ccccc2)C(=O)C(Cl)=C1Cl. The van der Waals surface area contributed by atoms with Gasteiger partial charge in [-0.05, 0) is 5.56 Å². The predicted octanol–water partition coefficient (Wildman–Crippen LogP) is 2.50. The summed E-state index contributed by atoms with van der Waals surface area (Å²) < 4.78 is 0. The Kier molecular flexibility index (Phi) is 3.84. The molecule has 0 spiro atoms. The lowest BCUT2D eigenvalue weighted by atomic mass is 10.2. The fourth-order valence-corrected chi connectivity index (χ4v) is 1.91. The first-order chi connectivity index (χ1) is 8.61. The van der Waals surface area contributed by atoms with E-state index in [4.69, 9.17) is 23.2 Å². The third-order valence-corrected chi connectivity index (χ3v) is 3.29. The monoisotopic (exact) mass is 281 g/mol. The van der Waals surface area contributed by atoms with Gasteiger partial charge in [0, 0.05) is 12.7 Å². The highest BCUT2D eigenvalue weighted by atomic mass is 35.5. The first-order valence-corrected chi connectivity index (χ1v) is 5.99. The van der Waals surface area contributed by atoms with Crippen molar-refractivity contribution < 1.29 is 9.59 Å². The molecule has 18 heavy (non-hydrogen) atoms. The van der Waals surface area contributed by atoms with E-state index in [0.29, 0.717) is 6.54 Å². The molecule has 0 aliphatic heterocycles. The molecular weight excluding hydrogens is 273 g/mol. The van der Waals surface area contributed by atoms with Crippen LogP contribution in [0, 0.1) is 0 Å². The first-order valence-electron chi connectivity index (χ1n) is 5.23. The fraction of sp³-hybridized carbons (Fsp3) is 0.0769. The number of halogens is 2. The van der Waals surface area contributed by atoms with Gasteiger partial charge in [0.05, 0.1) is 5.57 Å². The molecule has 2 rings (SSSR count). The molecule has 92 valence electrons. The summed E-state index contributed by atoms with van der Waals surface area (Å²) in [5.41, 5.74) is 1.01. The Morgan fingerprint density at radius 2 is 1.56 bits per heavy atom. The van der Waals surface area contributed by atoms with Gasteiger partial charge >= 0.3 is 0 Å². The molecule has 0 saturated carbocycles. The van der Waals surface area contributed by atoms with Gasteiger partial charge in [0.1, 0.15) is 10.1 Å². The molecule has 1 aromatic rings. The average molecular weight is 282 g/mol. The van der Waals surface area contributed by atoms with Gasteiger partial charge in [-0.25, -0.2) is 0 Å². The maximum absolute atomic E-state index is 11.6. The molecule has 3 nitrogen and oxygen atoms in total. The Morgan fingerprint density at radius 3 is 2.11 bits per heavy atom. The summed E-state index contributed by atoms with van der Waals surface area (Å²) in [6, 6.07) is 9.59. The summed E-state index contributed by atoms with van der Waals surface area (Å²) in [6.07, 6.45) is 1.36. The quantitative estimate of drug-likeness (QED) is 0.684. The largest absolute Gasteiger partial charge is 0.386 e. The highest BCUT2D eigenvalue weighted by Gasteiger charge is 2.34. The van der Waals surface area contributed by atoms with E-state index in [1.165, 1.54) is 6.20 Å². The van der Waals surface area contributed by atoms with E-state index in [2.05, 4.69) is 5.32 Å². The summed E-state index contributed by atoms with van der Waals surface area (Å²) in [5, 5.41) is 2.47. The topological polar surface area (TPSA) is 46.2 Å². The number of benzene rings is 1. The third-order valence-electron chi connectivity index (χ3n) is 2.48. The summed E-state index contributed by atoms with van der Waals surface area (Å²) in [5.74, 6) is -1.07. The average Bonchev–Trinajstić information content (AvgIpc) is 2.57. The molecule has 0 saturated heterocycles. The van der Waals surface area contributed by atoms with Gasteiger partial charge in [-0.1, -0.05) is 53.5 Å². The van der Waals surface area contributed by atoms with Crippen molar-refractivity contribution in [3.05, 3.63) is 57.7 Å². The minimum Gasteiger partial charge on any atom is -0.386 e. The van der Waals surface area contributed by atoms with Crippen molar-refractivity contribution in [2.45, 2.75) is 6.54 Å². The zero-order valence-electron chi connectivity index (χ0n) is 9.24. The highest BCUT2D eigenvalue weighted by molar-refractivity contribution is 6.64. The van der Waals surface area contributed by atoms with Crippen molar-refractivity contribution in [3.63, 3.8) is 0 Å². The Bertz CT molecular complexity index is 536. The molecule has 0 aromatic heterocycles. The number of carbonyl (C=O) groups is 2. The summed E-state index contributed by atoms with van der Waals surface area (Å²) in [6.45, 7) is 0.514. The number of nitrogens with one attached hydrogen (secondary N) is 1. The minimum atomic E-state index is -0.535. The van der Waals surface area contributed by atoms with Crippen LogP contribution in [0.5, 0.6) is 0 Å². The number of ketones is 2. The minimum absolute atomic E-state index is 0.0269. The molecule has 5 heteroatoms. The summed E-state index contributed by atoms with van der Waals surface area (Å²) >= 11 is 11.2. The van der Waals surface area contributed by atoms with Crippen molar-refractivity contribution >= 4 is 34.8 Å². The van der Waals surface area contributed by atoms with Crippen LogP contribution < -0.4 is 5.32 Å². The van der Waals surface area contributed by atoms with Crippen molar-refractivity contribution in [1.82, 2.24) is 5.32 Å². The second kappa shape index (κ2) is 5.38. The van der Waals surface area contributed by atoms with Gasteiger partial charge in [-0.15, -0.1) is 0 Å². The van der Waals surface area contributed by atoms with E-state index < -0.39 is 11.6 Å². The van der Waals surface area contributed by atoms with Crippen molar-refractivity contribution in [3.8, 4) is 0 Å². The van der Waals surface area contributed by atoms with Crippen LogP contribution in [0.3, 0.4) is 0 Å². The number of rotatable bonds is 3. The number of carbonyl (C=O) groups excluding carboxylic acids is 2. The second-order valence-corrected chi connectivity index (χ2v) is 4.47. The lowest BCUT2D eigenvalue weighted by Gasteiger charge is -2.01. The number of Topliss-reactive ketones (excluding diaryl/α,β-unsaturated/α-hetero) is 2. The van der Waals surface area contributed by atoms with E-state index in [1.54, 1.807) is 0 Å². The Balaban J connectivity index is 2.04. The molecule has 1 N–H and O–H groups in total. The Morgan fingerprint density at radius 1 is 1.00 bits per heavy atom. The van der Waals surface area contributed by atoms with E-state index in [9.17, 15) is 9.59 Å². The summed E-state index contributed by atoms with van der Waals surface area (Å²) in [4.78, 5) is 23.1. The van der Waals surface area contributed by atoms with Crippen LogP contribution >= 0.6 is 23.2 Å². The molecule has 0 atom stereocenters. The van der Waals surface area contributed by atoms with Gasteiger partial charge in [-0.3, -0.25) is 9.59 Å². The maximum atomic E-state index is 11.6. The van der Waals surface area contributed by atoms with Gasteiger partial charge in [0.2, 0.25) is 11.6 Å². The second-order valence-electron chi connectivity index (χ2n) is 3.71. The molecule has 0 unspecified atom stereocenters. The Labute approximate surface area is 114 Å². The van der Waals surface area contributed by atoms with Gasteiger partial charge < -0.3 is 5.32 Å². The van der Waals surface area contributed by atoms with Gasteiger partial charge in [0.25, 0.3) is 0 Å². The molecule has 1 aliphatic carbocycles. The summed E-state index contributed by atoms with van der Waals surface area (Å²) in [7, 11) is 0. The van der Waals surface area contributed by atoms with Crippen LogP contribution in [0.25, 0.3) is 0 Å². The van der Waals surface area contributed by atoms with E-state index >= 15 is 0 Å². The predicted molar refractivity (Wildman–Crippen MR) is 70.1 cm³/mol. The van der Waals surface area contributed by atoms with Gasteiger partial charge in [-0.2, -0.15) is 0 Å². The molecule has 0 heterocycles. The van der Waals surface area contributed by atoms with Crippen LogP contribution in [-0.2, 0) is 16.1 Å². The standard InChI is InChI=1S/C13H9Cl2NO2/c14-10-11(15)13(18)9(12(10)17)7-16-6-8-4-2-1-3-5-8/h1-5,7,16H,6H2. The zero-order valence-corrected chi connectivity index (χ0v) is 10.8. The van der Waals surface area contributed by atoms with E-state index in [0.717, 1.165) is 5.56 Å². The molecular formula is C13H9Cl2NO2. The molecule has 0 amide bonds. The van der Waals surface area contributed by atoms with Crippen molar-refractivity contribution in [2.24, 2.45) is 0 Å². The maximum Gasteiger partial charge on any atom is 0.211 e. The first kappa shape index (κ1) is 12.9. The van der Waals surface area contributed by atoms with Crippen LogP contribution in [0.1, 0.15) is 5.56 Å². The zero-order chi connectivity index (χ0) is 13.1. The van der Waals surface area contributed by atoms with Crippen LogP contribution in [0.4, 0.5) is 0 Å². The van der Waals surface area contributed by atoms with Gasteiger partial charge in [0.15, 0.2) is 0 Å². The Hall–Kier alpha value is -1.58. The van der Waals surface area contributed by atoms with Crippen LogP contribution in [-0.4, -0.2) is 11.6 Å². The van der Waals surface area contributed by atoms with E-state index in [1.807, 2.05) is 30.3 Å². The van der Waals surface area contributed by atoms with Crippen LogP contribution in [0.2, 0.25) is 0 Å². The number of hydrogen-bond donors (Lipinski definition) is 1. The lowest BCUT2D eigenvalue weighted by Crippen LogP contribution is -2.11. The van der Waals surface area contributed by atoms with Crippen molar-refractivity contribution in [1.29, 1.82) is 0 Å².